The molecule has 0 aromatic heterocycles. The van der Waals surface area contributed by atoms with Crippen molar-refractivity contribution in [2.24, 2.45) is 0 Å². The number of aliphatic hydroxyl groups is 1. The molecule has 0 heterocycles. The van der Waals surface area contributed by atoms with Gasteiger partial charge in [0.2, 0.25) is 0 Å². The molecule has 0 amide bonds. The number of alkyl halides is 2. The highest BCUT2D eigenvalue weighted by Gasteiger charge is 2.23. The highest BCUT2D eigenvalue weighted by atomic mass is 79.9. The Morgan fingerprint density at radius 2 is 2.30 bits per heavy atom. The van der Waals surface area contributed by atoms with Crippen LogP contribution in [0.4, 0.5) is 0 Å². The molecule has 0 saturated heterocycles. The summed E-state index contributed by atoms with van der Waals surface area (Å²) in [4.78, 5) is 10.0. The van der Waals surface area contributed by atoms with Crippen LogP contribution >= 0.6 is 31.9 Å². The molecular weight excluding hydrogens is 268 g/mol. The van der Waals surface area contributed by atoms with Gasteiger partial charge in [-0.15, -0.1) is 0 Å². The number of halogens is 2. The summed E-state index contributed by atoms with van der Waals surface area (Å²) in [6, 6.07) is 0. The summed E-state index contributed by atoms with van der Waals surface area (Å²) in [6.45, 7) is 0. The fourth-order valence-corrected chi connectivity index (χ4v) is 1.60. The molecule has 10 heavy (non-hydrogen) atoms. The lowest BCUT2D eigenvalue weighted by Crippen LogP contribution is -2.30. The zero-order valence-corrected chi connectivity index (χ0v) is 8.55. The first-order chi connectivity index (χ1) is 4.63. The van der Waals surface area contributed by atoms with E-state index in [1.807, 2.05) is 0 Å². The quantitative estimate of drug-likeness (QED) is 0.609. The van der Waals surface area contributed by atoms with Gasteiger partial charge in [0, 0.05) is 5.33 Å². The third kappa shape index (κ3) is 2.98. The van der Waals surface area contributed by atoms with Crippen molar-refractivity contribution < 1.29 is 14.6 Å². The highest BCUT2D eigenvalue weighted by Crippen LogP contribution is 2.09. The molecule has 0 aromatic rings. The lowest BCUT2D eigenvalue weighted by atomic mass is 10.3. The van der Waals surface area contributed by atoms with E-state index < -0.39 is 16.9 Å². The van der Waals surface area contributed by atoms with E-state index in [1.54, 1.807) is 0 Å². The molecule has 60 valence electrons. The van der Waals surface area contributed by atoms with E-state index in [2.05, 4.69) is 36.6 Å². The van der Waals surface area contributed by atoms with Gasteiger partial charge in [-0.05, 0) is 0 Å². The van der Waals surface area contributed by atoms with Gasteiger partial charge in [-0.25, -0.2) is 0 Å². The first-order valence-corrected chi connectivity index (χ1v) is 4.63. The Bertz CT molecular complexity index is 117. The Morgan fingerprint density at radius 1 is 1.80 bits per heavy atom. The van der Waals surface area contributed by atoms with E-state index in [0.29, 0.717) is 5.33 Å². The standard InChI is InChI=1S/C5H8Br2O3/c1-10-5(9)4(7)3(8)2-6/h3-4,8H,2H2,1H3/t3-,4-/m0/s1. The second kappa shape index (κ2) is 5.09. The molecule has 2 atom stereocenters. The van der Waals surface area contributed by atoms with Crippen molar-refractivity contribution in [3.63, 3.8) is 0 Å². The zero-order valence-electron chi connectivity index (χ0n) is 5.38. The molecule has 0 aromatic carbocycles. The number of hydrogen-bond donors (Lipinski definition) is 1. The third-order valence-corrected chi connectivity index (χ3v) is 2.57. The monoisotopic (exact) mass is 274 g/mol. The number of ether oxygens (including phenoxy) is 1. The van der Waals surface area contributed by atoms with Crippen molar-refractivity contribution in [1.29, 1.82) is 0 Å². The molecule has 0 fully saturated rings. The van der Waals surface area contributed by atoms with Crippen molar-refractivity contribution in [2.45, 2.75) is 10.9 Å². The number of carbonyl (C=O) groups excluding carboxylic acids is 1. The van der Waals surface area contributed by atoms with Crippen LogP contribution in [-0.4, -0.2) is 34.4 Å². The van der Waals surface area contributed by atoms with E-state index >= 15 is 0 Å². The first kappa shape index (κ1) is 10.4. The molecule has 1 N–H and O–H groups in total. The van der Waals surface area contributed by atoms with E-state index in [9.17, 15) is 4.79 Å². The van der Waals surface area contributed by atoms with Gasteiger partial charge in [-0.2, -0.15) is 0 Å². The Balaban J connectivity index is 3.81. The van der Waals surface area contributed by atoms with Gasteiger partial charge in [-0.3, -0.25) is 4.79 Å². The maximum absolute atomic E-state index is 10.7. The average molecular weight is 276 g/mol. The molecule has 0 bridgehead atoms. The second-order valence-electron chi connectivity index (χ2n) is 1.65. The normalized spacial score (nSPS) is 16.0. The minimum Gasteiger partial charge on any atom is -0.468 e. The van der Waals surface area contributed by atoms with Gasteiger partial charge in [-0.1, -0.05) is 31.9 Å². The summed E-state index contributed by atoms with van der Waals surface area (Å²) in [5.74, 6) is -0.466. The van der Waals surface area contributed by atoms with Gasteiger partial charge in [0.1, 0.15) is 4.83 Å². The maximum atomic E-state index is 10.7. The highest BCUT2D eigenvalue weighted by molar-refractivity contribution is 9.10. The minimum atomic E-state index is -0.743. The van der Waals surface area contributed by atoms with Crippen LogP contribution in [-0.2, 0) is 9.53 Å². The van der Waals surface area contributed by atoms with Crippen LogP contribution in [0.3, 0.4) is 0 Å². The van der Waals surface area contributed by atoms with E-state index in [-0.39, 0.29) is 0 Å². The molecule has 0 rings (SSSR count). The molecule has 3 nitrogen and oxygen atoms in total. The van der Waals surface area contributed by atoms with Crippen LogP contribution in [0.15, 0.2) is 0 Å². The summed E-state index contributed by atoms with van der Waals surface area (Å²) in [5, 5.41) is 9.38. The van der Waals surface area contributed by atoms with Gasteiger partial charge in [0.25, 0.3) is 0 Å². The topological polar surface area (TPSA) is 46.5 Å². The zero-order chi connectivity index (χ0) is 8.15. The van der Waals surface area contributed by atoms with Crippen molar-refractivity contribution in [2.75, 3.05) is 12.4 Å². The smallest absolute Gasteiger partial charge is 0.322 e. The lowest BCUT2D eigenvalue weighted by molar-refractivity contribution is -0.141. The molecule has 0 unspecified atom stereocenters. The maximum Gasteiger partial charge on any atom is 0.322 e. The van der Waals surface area contributed by atoms with Crippen molar-refractivity contribution in [1.82, 2.24) is 0 Å². The summed E-state index contributed by atoms with van der Waals surface area (Å²) in [7, 11) is 1.28. The largest absolute Gasteiger partial charge is 0.468 e. The van der Waals surface area contributed by atoms with Gasteiger partial charge >= 0.3 is 5.97 Å². The number of hydrogen-bond acceptors (Lipinski definition) is 3. The minimum absolute atomic E-state index is 0.345. The molecule has 0 radical (unpaired) electrons. The van der Waals surface area contributed by atoms with Crippen LogP contribution in [0, 0.1) is 0 Å². The lowest BCUT2D eigenvalue weighted by Gasteiger charge is -2.11. The van der Waals surface area contributed by atoms with Crippen LogP contribution in [0.1, 0.15) is 0 Å². The van der Waals surface area contributed by atoms with E-state index in [1.165, 1.54) is 7.11 Å². The predicted octanol–water partition coefficient (Wildman–Crippen LogP) is 0.679. The van der Waals surface area contributed by atoms with Crippen molar-refractivity contribution in [3.8, 4) is 0 Å². The summed E-state index contributed by atoms with van der Waals surface area (Å²) < 4.78 is 4.37. The molecule has 0 aliphatic heterocycles. The van der Waals surface area contributed by atoms with Crippen LogP contribution in [0.5, 0.6) is 0 Å². The third-order valence-electron chi connectivity index (χ3n) is 0.922. The van der Waals surface area contributed by atoms with Gasteiger partial charge in [0.05, 0.1) is 13.2 Å². The number of methoxy groups -OCH3 is 1. The Kier molecular flexibility index (Phi) is 5.29. The van der Waals surface area contributed by atoms with Crippen LogP contribution in [0.25, 0.3) is 0 Å². The molecular formula is C5H8Br2O3. The van der Waals surface area contributed by atoms with Crippen LogP contribution in [0.2, 0.25) is 0 Å². The SMILES string of the molecule is COC(=O)[C@@H](Br)[C@@H](O)CBr. The van der Waals surface area contributed by atoms with Crippen LogP contribution < -0.4 is 0 Å². The number of esters is 1. The van der Waals surface area contributed by atoms with E-state index in [0.717, 1.165) is 0 Å². The molecule has 0 aliphatic rings. The van der Waals surface area contributed by atoms with Gasteiger partial charge in [0.15, 0.2) is 0 Å². The summed E-state index contributed by atoms with van der Waals surface area (Å²) in [6.07, 6.45) is -0.743. The molecule has 0 saturated carbocycles. The molecule has 0 spiro atoms. The average Bonchev–Trinajstić information content (AvgIpc) is 2.00. The molecule has 0 aliphatic carbocycles. The molecule has 5 heteroatoms. The van der Waals surface area contributed by atoms with E-state index in [4.69, 9.17) is 5.11 Å². The second-order valence-corrected chi connectivity index (χ2v) is 3.28. The Labute approximate surface area is 76.0 Å². The fraction of sp³-hybridized carbons (Fsp3) is 0.800. The van der Waals surface area contributed by atoms with Crippen molar-refractivity contribution >= 4 is 37.8 Å². The Hall–Kier alpha value is 0.390. The number of aliphatic hydroxyl groups excluding tert-OH is 1. The van der Waals surface area contributed by atoms with Gasteiger partial charge < -0.3 is 9.84 Å². The first-order valence-electron chi connectivity index (χ1n) is 2.59. The number of carbonyl (C=O) groups is 1. The predicted molar refractivity (Wildman–Crippen MR) is 44.5 cm³/mol. The fourth-order valence-electron chi connectivity index (χ4n) is 0.348. The van der Waals surface area contributed by atoms with Crippen molar-refractivity contribution in [3.05, 3.63) is 0 Å². The summed E-state index contributed by atoms with van der Waals surface area (Å²) >= 11 is 6.00. The Morgan fingerprint density at radius 3 is 2.60 bits per heavy atom. The number of rotatable bonds is 3. The summed E-state index contributed by atoms with van der Waals surface area (Å²) in [5.41, 5.74) is 0.